The second-order valence-electron chi connectivity index (χ2n) is 3.69. The molecule has 0 saturated heterocycles. The number of aromatic nitrogens is 1. The van der Waals surface area contributed by atoms with Crippen molar-refractivity contribution in [1.82, 2.24) is 10.3 Å². The third kappa shape index (κ3) is 3.18. The molecule has 0 saturated carbocycles. The summed E-state index contributed by atoms with van der Waals surface area (Å²) >= 11 is 8.34. The quantitative estimate of drug-likeness (QED) is 0.453. The third-order valence-corrected chi connectivity index (χ3v) is 3.07. The van der Waals surface area contributed by atoms with Gasteiger partial charge in [0.2, 0.25) is 11.0 Å². The largest absolute Gasteiger partial charge is 0.493 e. The minimum absolute atomic E-state index is 0.0385. The fraction of sp³-hybridized carbons (Fsp3) is 0.0833. The maximum Gasteiger partial charge on any atom is 0.218 e. The first-order valence-corrected chi connectivity index (χ1v) is 6.62. The van der Waals surface area contributed by atoms with Gasteiger partial charge in [0.15, 0.2) is 5.69 Å². The summed E-state index contributed by atoms with van der Waals surface area (Å²) in [5.41, 5.74) is 1.14. The van der Waals surface area contributed by atoms with E-state index in [0.717, 1.165) is 15.4 Å². The number of benzene rings is 1. The zero-order valence-corrected chi connectivity index (χ0v) is 12.3. The Bertz CT molecular complexity index is 665. The SMILES string of the molecule is C=CCNC(=S)N=Nc1c(O)[nH]c2ccc(Br)cc12. The van der Waals surface area contributed by atoms with Crippen LogP contribution in [0.2, 0.25) is 0 Å². The van der Waals surface area contributed by atoms with Gasteiger partial charge in [-0.05, 0) is 30.4 Å². The summed E-state index contributed by atoms with van der Waals surface area (Å²) in [6, 6.07) is 5.56. The Morgan fingerprint density at radius 1 is 1.58 bits per heavy atom. The molecule has 0 amide bonds. The number of halogens is 1. The van der Waals surface area contributed by atoms with E-state index in [2.05, 4.69) is 43.0 Å². The lowest BCUT2D eigenvalue weighted by molar-refractivity contribution is 0.459. The number of nitrogens with zero attached hydrogens (tertiary/aromatic N) is 2. The topological polar surface area (TPSA) is 72.8 Å². The van der Waals surface area contributed by atoms with Crippen LogP contribution in [0.1, 0.15) is 0 Å². The van der Waals surface area contributed by atoms with Crippen molar-refractivity contribution >= 4 is 49.9 Å². The van der Waals surface area contributed by atoms with Gasteiger partial charge in [-0.2, -0.15) is 0 Å². The minimum Gasteiger partial charge on any atom is -0.493 e. The van der Waals surface area contributed by atoms with Gasteiger partial charge in [-0.15, -0.1) is 16.8 Å². The van der Waals surface area contributed by atoms with E-state index in [-0.39, 0.29) is 11.0 Å². The summed E-state index contributed by atoms with van der Waals surface area (Å²) in [4.78, 5) is 2.82. The van der Waals surface area contributed by atoms with Crippen molar-refractivity contribution in [3.63, 3.8) is 0 Å². The molecular formula is C12H11BrN4OS. The fourth-order valence-corrected chi connectivity index (χ4v) is 2.01. The molecule has 1 aromatic carbocycles. The standard InChI is InChI=1S/C12H11BrN4OS/c1-2-5-14-12(19)17-16-10-8-6-7(13)3-4-9(8)15-11(10)18/h2-4,6,15,18H,1,5H2,(H,14,19). The summed E-state index contributed by atoms with van der Waals surface area (Å²) in [5.74, 6) is -0.0385. The number of hydrogen-bond acceptors (Lipinski definition) is 3. The monoisotopic (exact) mass is 338 g/mol. The maximum atomic E-state index is 9.81. The number of thiocarbonyl (C=S) groups is 1. The summed E-state index contributed by atoms with van der Waals surface area (Å²) < 4.78 is 0.891. The van der Waals surface area contributed by atoms with E-state index in [0.29, 0.717) is 12.2 Å². The second-order valence-corrected chi connectivity index (χ2v) is 4.99. The molecule has 98 valence electrons. The van der Waals surface area contributed by atoms with Gasteiger partial charge >= 0.3 is 0 Å². The summed E-state index contributed by atoms with van der Waals surface area (Å²) in [6.45, 7) is 4.08. The molecule has 1 aromatic heterocycles. The molecular weight excluding hydrogens is 328 g/mol. The predicted octanol–water partition coefficient (Wildman–Crippen LogP) is 3.78. The lowest BCUT2D eigenvalue weighted by Crippen LogP contribution is -2.18. The number of H-pyrrole nitrogens is 1. The lowest BCUT2D eigenvalue weighted by atomic mass is 10.2. The maximum absolute atomic E-state index is 9.81. The molecule has 2 aromatic rings. The van der Waals surface area contributed by atoms with Crippen molar-refractivity contribution in [1.29, 1.82) is 0 Å². The number of nitrogens with one attached hydrogen (secondary N) is 2. The van der Waals surface area contributed by atoms with E-state index in [4.69, 9.17) is 12.2 Å². The Kier molecular flexibility index (Phi) is 4.28. The second kappa shape index (κ2) is 5.94. The Labute approximate surface area is 123 Å². The molecule has 0 fully saturated rings. The molecule has 7 heteroatoms. The van der Waals surface area contributed by atoms with E-state index in [1.807, 2.05) is 18.2 Å². The normalized spacial score (nSPS) is 11.0. The van der Waals surface area contributed by atoms with Crippen LogP contribution in [0.3, 0.4) is 0 Å². The van der Waals surface area contributed by atoms with E-state index < -0.39 is 0 Å². The Morgan fingerprint density at radius 2 is 2.37 bits per heavy atom. The van der Waals surface area contributed by atoms with Gasteiger partial charge in [0.05, 0.1) is 5.52 Å². The molecule has 0 aliphatic rings. The molecule has 0 aliphatic carbocycles. The molecule has 0 spiro atoms. The van der Waals surface area contributed by atoms with Crippen LogP contribution in [-0.4, -0.2) is 21.7 Å². The molecule has 3 N–H and O–H groups in total. The van der Waals surface area contributed by atoms with Crippen molar-refractivity contribution in [2.24, 2.45) is 10.2 Å². The van der Waals surface area contributed by atoms with Crippen molar-refractivity contribution in [2.75, 3.05) is 6.54 Å². The molecule has 19 heavy (non-hydrogen) atoms. The van der Waals surface area contributed by atoms with E-state index >= 15 is 0 Å². The molecule has 1 heterocycles. The highest BCUT2D eigenvalue weighted by Crippen LogP contribution is 2.36. The van der Waals surface area contributed by atoms with E-state index in [9.17, 15) is 5.11 Å². The number of aromatic amines is 1. The highest BCUT2D eigenvalue weighted by atomic mass is 79.9. The first-order valence-electron chi connectivity index (χ1n) is 5.42. The van der Waals surface area contributed by atoms with E-state index in [1.165, 1.54) is 0 Å². The van der Waals surface area contributed by atoms with Crippen molar-refractivity contribution < 1.29 is 5.11 Å². The highest BCUT2D eigenvalue weighted by Gasteiger charge is 2.10. The van der Waals surface area contributed by atoms with Gasteiger partial charge in [0, 0.05) is 16.4 Å². The van der Waals surface area contributed by atoms with Gasteiger partial charge in [-0.1, -0.05) is 22.0 Å². The third-order valence-electron chi connectivity index (χ3n) is 2.35. The van der Waals surface area contributed by atoms with Gasteiger partial charge in [-0.25, -0.2) is 0 Å². The molecule has 0 unspecified atom stereocenters. The van der Waals surface area contributed by atoms with Crippen LogP contribution in [0.25, 0.3) is 10.9 Å². The number of rotatable bonds is 3. The summed E-state index contributed by atoms with van der Waals surface area (Å²) in [6.07, 6.45) is 1.67. The zero-order chi connectivity index (χ0) is 13.8. The van der Waals surface area contributed by atoms with Crippen LogP contribution in [0.5, 0.6) is 5.88 Å². The fourth-order valence-electron chi connectivity index (χ4n) is 1.53. The predicted molar refractivity (Wildman–Crippen MR) is 83.0 cm³/mol. The van der Waals surface area contributed by atoms with Gasteiger partial charge in [-0.3, -0.25) is 0 Å². The summed E-state index contributed by atoms with van der Waals surface area (Å²) in [7, 11) is 0. The highest BCUT2D eigenvalue weighted by molar-refractivity contribution is 9.10. The van der Waals surface area contributed by atoms with Crippen LogP contribution < -0.4 is 5.32 Å². The van der Waals surface area contributed by atoms with Crippen LogP contribution in [0.15, 0.2) is 45.6 Å². The van der Waals surface area contributed by atoms with Gasteiger partial charge in [0.25, 0.3) is 0 Å². The Balaban J connectivity index is 2.31. The van der Waals surface area contributed by atoms with Crippen LogP contribution in [-0.2, 0) is 0 Å². The molecule has 0 radical (unpaired) electrons. The van der Waals surface area contributed by atoms with E-state index in [1.54, 1.807) is 6.08 Å². The Morgan fingerprint density at radius 3 is 3.11 bits per heavy atom. The number of aromatic hydroxyl groups is 1. The first-order chi connectivity index (χ1) is 9.11. The van der Waals surface area contributed by atoms with Gasteiger partial charge in [0.1, 0.15) is 0 Å². The smallest absolute Gasteiger partial charge is 0.218 e. The first kappa shape index (κ1) is 13.7. The van der Waals surface area contributed by atoms with Crippen LogP contribution in [0, 0.1) is 0 Å². The average molecular weight is 339 g/mol. The minimum atomic E-state index is -0.0385. The molecule has 0 bridgehead atoms. The average Bonchev–Trinajstić information content (AvgIpc) is 2.69. The van der Waals surface area contributed by atoms with Crippen molar-refractivity contribution in [3.05, 3.63) is 35.3 Å². The molecule has 2 rings (SSSR count). The molecule has 0 atom stereocenters. The molecule has 0 aliphatic heterocycles. The van der Waals surface area contributed by atoms with Crippen LogP contribution >= 0.6 is 28.1 Å². The summed E-state index contributed by atoms with van der Waals surface area (Å²) in [5, 5.41) is 21.5. The Hall–Kier alpha value is -1.73. The van der Waals surface area contributed by atoms with Gasteiger partial charge < -0.3 is 15.4 Å². The zero-order valence-electron chi connectivity index (χ0n) is 9.85. The number of hydrogen-bond donors (Lipinski definition) is 3. The van der Waals surface area contributed by atoms with Crippen molar-refractivity contribution in [2.45, 2.75) is 0 Å². The molecule has 5 nitrogen and oxygen atoms in total. The lowest BCUT2D eigenvalue weighted by Gasteiger charge is -1.97. The van der Waals surface area contributed by atoms with Crippen molar-refractivity contribution in [3.8, 4) is 5.88 Å². The van der Waals surface area contributed by atoms with Crippen LogP contribution in [0.4, 0.5) is 5.69 Å². The number of fused-ring (bicyclic) bond motifs is 1. The number of azo groups is 1.